The lowest BCUT2D eigenvalue weighted by atomic mass is 9.99. The zero-order valence-electron chi connectivity index (χ0n) is 10.4. The molecule has 19 heavy (non-hydrogen) atoms. The molecule has 1 aliphatic carbocycles. The minimum absolute atomic E-state index is 0.695. The van der Waals surface area contributed by atoms with Crippen LogP contribution < -0.4 is 0 Å². The maximum Gasteiger partial charge on any atom is 0.230 e. The predicted octanol–water partition coefficient (Wildman–Crippen LogP) is 3.28. The predicted molar refractivity (Wildman–Crippen MR) is 74.9 cm³/mol. The average Bonchev–Trinajstić information content (AvgIpc) is 3.00. The fourth-order valence-corrected chi connectivity index (χ4v) is 3.02. The molecule has 1 aliphatic rings. The first-order chi connectivity index (χ1) is 9.33. The summed E-state index contributed by atoms with van der Waals surface area (Å²) in [6.45, 7) is 0. The lowest BCUT2D eigenvalue weighted by Crippen LogP contribution is -2.00. The molecule has 0 amide bonds. The summed E-state index contributed by atoms with van der Waals surface area (Å²) < 4.78 is 1.73. The fraction of sp³-hybridized carbons (Fsp3) is 0.286. The van der Waals surface area contributed by atoms with E-state index in [9.17, 15) is 0 Å². The number of nitrogens with zero attached hydrogens (tertiary/aromatic N) is 3. The number of hydrogen-bond acceptors (Lipinski definition) is 2. The van der Waals surface area contributed by atoms with Gasteiger partial charge in [-0.1, -0.05) is 23.7 Å². The molecular formula is C14H13ClN4. The van der Waals surface area contributed by atoms with Crippen molar-refractivity contribution in [3.63, 3.8) is 0 Å². The van der Waals surface area contributed by atoms with Crippen molar-refractivity contribution < 1.29 is 0 Å². The first-order valence-corrected chi connectivity index (χ1v) is 6.92. The van der Waals surface area contributed by atoms with Gasteiger partial charge in [-0.15, -0.1) is 0 Å². The lowest BCUT2D eigenvalue weighted by Gasteiger charge is -2.07. The van der Waals surface area contributed by atoms with Gasteiger partial charge in [0.05, 0.1) is 16.7 Å². The van der Waals surface area contributed by atoms with Crippen LogP contribution in [0, 0.1) is 0 Å². The molecule has 2 heterocycles. The van der Waals surface area contributed by atoms with Gasteiger partial charge >= 0.3 is 0 Å². The van der Waals surface area contributed by atoms with Gasteiger partial charge in [0.1, 0.15) is 5.15 Å². The van der Waals surface area contributed by atoms with Crippen molar-refractivity contribution >= 4 is 22.6 Å². The maximum absolute atomic E-state index is 6.44. The number of benzene rings is 1. The molecule has 2 aromatic heterocycles. The maximum atomic E-state index is 6.44. The van der Waals surface area contributed by atoms with Gasteiger partial charge in [-0.05, 0) is 37.8 Å². The van der Waals surface area contributed by atoms with Crippen LogP contribution in [0.15, 0.2) is 24.3 Å². The summed E-state index contributed by atoms with van der Waals surface area (Å²) in [5.74, 6) is 0.695. The molecular weight excluding hydrogens is 260 g/mol. The number of imidazole rings is 1. The molecule has 0 spiro atoms. The van der Waals surface area contributed by atoms with Crippen LogP contribution in [0.4, 0.5) is 0 Å². The van der Waals surface area contributed by atoms with Gasteiger partial charge in [-0.25, -0.2) is 4.98 Å². The normalized spacial score (nSPS) is 14.8. The zero-order chi connectivity index (χ0) is 12.8. The minimum atomic E-state index is 0.695. The number of nitrogens with one attached hydrogen (secondary N) is 1. The smallest absolute Gasteiger partial charge is 0.230 e. The van der Waals surface area contributed by atoms with E-state index in [2.05, 4.69) is 15.1 Å². The van der Waals surface area contributed by atoms with E-state index in [0.717, 1.165) is 29.6 Å². The Kier molecular flexibility index (Phi) is 2.38. The summed E-state index contributed by atoms with van der Waals surface area (Å²) >= 11 is 6.44. The molecule has 0 radical (unpaired) electrons. The largest absolute Gasteiger partial charge is 0.322 e. The van der Waals surface area contributed by atoms with E-state index in [-0.39, 0.29) is 0 Å². The van der Waals surface area contributed by atoms with E-state index in [4.69, 9.17) is 11.6 Å². The van der Waals surface area contributed by atoms with Crippen LogP contribution in [0.1, 0.15) is 24.1 Å². The van der Waals surface area contributed by atoms with Crippen molar-refractivity contribution in [3.05, 3.63) is 40.7 Å². The molecule has 0 fully saturated rings. The Labute approximate surface area is 115 Å². The van der Waals surface area contributed by atoms with Crippen molar-refractivity contribution in [2.24, 2.45) is 0 Å². The fourth-order valence-electron chi connectivity index (χ4n) is 2.69. The van der Waals surface area contributed by atoms with Gasteiger partial charge in [-0.3, -0.25) is 0 Å². The summed E-state index contributed by atoms with van der Waals surface area (Å²) in [5.41, 5.74) is 4.24. The second-order valence-electron chi connectivity index (χ2n) is 4.91. The van der Waals surface area contributed by atoms with Crippen molar-refractivity contribution in [2.75, 3.05) is 0 Å². The van der Waals surface area contributed by atoms with Gasteiger partial charge in [-0.2, -0.15) is 9.78 Å². The van der Waals surface area contributed by atoms with Crippen molar-refractivity contribution in [1.29, 1.82) is 0 Å². The van der Waals surface area contributed by atoms with E-state index < -0.39 is 0 Å². The third-order valence-corrected chi connectivity index (χ3v) is 4.06. The zero-order valence-corrected chi connectivity index (χ0v) is 11.1. The van der Waals surface area contributed by atoms with Crippen LogP contribution in [0.3, 0.4) is 0 Å². The highest BCUT2D eigenvalue weighted by Crippen LogP contribution is 2.29. The van der Waals surface area contributed by atoms with Crippen LogP contribution >= 0.6 is 11.6 Å². The molecule has 1 aromatic carbocycles. The molecule has 4 rings (SSSR count). The first kappa shape index (κ1) is 11.1. The Hall–Kier alpha value is -1.81. The van der Waals surface area contributed by atoms with Crippen molar-refractivity contribution in [2.45, 2.75) is 25.7 Å². The Morgan fingerprint density at radius 1 is 1.16 bits per heavy atom. The molecule has 1 N–H and O–H groups in total. The number of rotatable bonds is 1. The molecule has 0 aliphatic heterocycles. The molecule has 3 aromatic rings. The molecule has 0 bridgehead atoms. The molecule has 0 saturated heterocycles. The van der Waals surface area contributed by atoms with Gasteiger partial charge < -0.3 is 4.98 Å². The number of H-pyrrole nitrogens is 1. The summed E-state index contributed by atoms with van der Waals surface area (Å²) in [7, 11) is 0. The van der Waals surface area contributed by atoms with E-state index in [1.807, 2.05) is 24.3 Å². The first-order valence-electron chi connectivity index (χ1n) is 6.54. The molecule has 0 atom stereocenters. The highest BCUT2D eigenvalue weighted by molar-refractivity contribution is 6.30. The standard InChI is InChI=1S/C14H13ClN4/c15-13-9-5-1-2-6-10(9)18-19(13)14-16-11-7-3-4-8-12(11)17-14/h3-4,7-8H,1-2,5-6H2,(H,16,17). The summed E-state index contributed by atoms with van der Waals surface area (Å²) in [6, 6.07) is 7.94. The Bertz CT molecular complexity index is 723. The van der Waals surface area contributed by atoms with Crippen molar-refractivity contribution in [3.8, 4) is 5.95 Å². The highest BCUT2D eigenvalue weighted by Gasteiger charge is 2.21. The molecule has 4 nitrogen and oxygen atoms in total. The topological polar surface area (TPSA) is 46.5 Å². The van der Waals surface area contributed by atoms with Gasteiger partial charge in [0.25, 0.3) is 0 Å². The number of aryl methyl sites for hydroxylation is 1. The quantitative estimate of drug-likeness (QED) is 0.739. The van der Waals surface area contributed by atoms with Crippen LogP contribution in [0.2, 0.25) is 5.15 Å². The second kappa shape index (κ2) is 4.10. The third kappa shape index (κ3) is 1.67. The third-order valence-electron chi connectivity index (χ3n) is 3.67. The Balaban J connectivity index is 1.89. The van der Waals surface area contributed by atoms with E-state index in [0.29, 0.717) is 11.1 Å². The lowest BCUT2D eigenvalue weighted by molar-refractivity contribution is 0.670. The van der Waals surface area contributed by atoms with E-state index in [1.165, 1.54) is 18.4 Å². The highest BCUT2D eigenvalue weighted by atomic mass is 35.5. The Morgan fingerprint density at radius 3 is 2.84 bits per heavy atom. The van der Waals surface area contributed by atoms with Crippen LogP contribution in [-0.2, 0) is 12.8 Å². The summed E-state index contributed by atoms with van der Waals surface area (Å²) in [4.78, 5) is 7.81. The van der Waals surface area contributed by atoms with Crippen LogP contribution in [-0.4, -0.2) is 19.7 Å². The number of fused-ring (bicyclic) bond motifs is 2. The molecule has 96 valence electrons. The molecule has 0 saturated carbocycles. The van der Waals surface area contributed by atoms with E-state index >= 15 is 0 Å². The number of aromatic amines is 1. The van der Waals surface area contributed by atoms with Gasteiger partial charge in [0, 0.05) is 5.56 Å². The Morgan fingerprint density at radius 2 is 2.00 bits per heavy atom. The van der Waals surface area contributed by atoms with Crippen molar-refractivity contribution in [1.82, 2.24) is 19.7 Å². The average molecular weight is 273 g/mol. The molecule has 5 heteroatoms. The monoisotopic (exact) mass is 272 g/mol. The molecule has 0 unspecified atom stereocenters. The number of halogens is 1. The summed E-state index contributed by atoms with van der Waals surface area (Å²) in [6.07, 6.45) is 4.43. The van der Waals surface area contributed by atoms with Gasteiger partial charge in [0.2, 0.25) is 5.95 Å². The SMILES string of the molecule is Clc1c2c(nn1-c1nc3ccccc3[nH]1)CCCC2. The summed E-state index contributed by atoms with van der Waals surface area (Å²) in [5, 5.41) is 5.31. The second-order valence-corrected chi connectivity index (χ2v) is 5.27. The van der Waals surface area contributed by atoms with Crippen LogP contribution in [0.5, 0.6) is 0 Å². The van der Waals surface area contributed by atoms with Gasteiger partial charge in [0.15, 0.2) is 0 Å². The number of para-hydroxylation sites is 2. The number of hydrogen-bond donors (Lipinski definition) is 1. The number of aromatic nitrogens is 4. The van der Waals surface area contributed by atoms with Crippen LogP contribution in [0.25, 0.3) is 17.0 Å². The minimum Gasteiger partial charge on any atom is -0.322 e. The van der Waals surface area contributed by atoms with E-state index in [1.54, 1.807) is 4.68 Å².